The molecule has 0 spiro atoms. The number of nitrogens with one attached hydrogen (secondary N) is 1. The van der Waals surface area contributed by atoms with Crippen LogP contribution in [-0.4, -0.2) is 6.54 Å². The SMILES string of the molecule is CCNCc1ccc(COc2ccc(Cl)cc2C)o1. The van der Waals surface area contributed by atoms with Crippen molar-refractivity contribution in [3.05, 3.63) is 52.4 Å². The Morgan fingerprint density at radius 1 is 1.21 bits per heavy atom. The predicted octanol–water partition coefficient (Wildman–Crippen LogP) is 3.93. The lowest BCUT2D eigenvalue weighted by atomic mass is 10.2. The third-order valence-corrected chi connectivity index (χ3v) is 3.01. The van der Waals surface area contributed by atoms with Crippen molar-refractivity contribution in [2.24, 2.45) is 0 Å². The van der Waals surface area contributed by atoms with Gasteiger partial charge in [-0.15, -0.1) is 0 Å². The normalized spacial score (nSPS) is 10.7. The number of hydrogen-bond donors (Lipinski definition) is 1. The molecule has 0 atom stereocenters. The lowest BCUT2D eigenvalue weighted by molar-refractivity contribution is 0.263. The first-order valence-corrected chi connectivity index (χ1v) is 6.74. The van der Waals surface area contributed by atoms with E-state index >= 15 is 0 Å². The largest absolute Gasteiger partial charge is 0.485 e. The fourth-order valence-electron chi connectivity index (χ4n) is 1.77. The van der Waals surface area contributed by atoms with Crippen LogP contribution in [0.4, 0.5) is 0 Å². The average Bonchev–Trinajstić information content (AvgIpc) is 2.83. The molecule has 2 aromatic rings. The van der Waals surface area contributed by atoms with E-state index in [9.17, 15) is 0 Å². The molecule has 0 saturated carbocycles. The van der Waals surface area contributed by atoms with Crippen LogP contribution in [0, 0.1) is 6.92 Å². The van der Waals surface area contributed by atoms with Crippen molar-refractivity contribution in [3.8, 4) is 5.75 Å². The topological polar surface area (TPSA) is 34.4 Å². The maximum absolute atomic E-state index is 5.90. The molecule has 102 valence electrons. The van der Waals surface area contributed by atoms with Crippen LogP contribution in [0.5, 0.6) is 5.75 Å². The molecule has 1 N–H and O–H groups in total. The van der Waals surface area contributed by atoms with E-state index in [1.165, 1.54) is 0 Å². The summed E-state index contributed by atoms with van der Waals surface area (Å²) in [7, 11) is 0. The van der Waals surface area contributed by atoms with Crippen molar-refractivity contribution < 1.29 is 9.15 Å². The van der Waals surface area contributed by atoms with E-state index in [-0.39, 0.29) is 0 Å². The Morgan fingerprint density at radius 2 is 2.00 bits per heavy atom. The Morgan fingerprint density at radius 3 is 2.74 bits per heavy atom. The molecule has 0 aliphatic carbocycles. The van der Waals surface area contributed by atoms with Crippen molar-refractivity contribution in [1.82, 2.24) is 5.32 Å². The third-order valence-electron chi connectivity index (χ3n) is 2.77. The highest BCUT2D eigenvalue weighted by Gasteiger charge is 2.04. The standard InChI is InChI=1S/C15H18ClNO2/c1-3-17-9-13-5-6-14(19-13)10-18-15-7-4-12(16)8-11(15)2/h4-8,17H,3,9-10H2,1-2H3. The molecule has 19 heavy (non-hydrogen) atoms. The van der Waals surface area contributed by atoms with Gasteiger partial charge >= 0.3 is 0 Å². The zero-order valence-electron chi connectivity index (χ0n) is 11.2. The van der Waals surface area contributed by atoms with Gasteiger partial charge in [0, 0.05) is 5.02 Å². The van der Waals surface area contributed by atoms with Crippen LogP contribution in [-0.2, 0) is 13.2 Å². The molecule has 2 rings (SSSR count). The summed E-state index contributed by atoms with van der Waals surface area (Å²) in [5.41, 5.74) is 1.02. The molecule has 0 radical (unpaired) electrons. The van der Waals surface area contributed by atoms with Crippen molar-refractivity contribution >= 4 is 11.6 Å². The van der Waals surface area contributed by atoms with Gasteiger partial charge in [-0.3, -0.25) is 0 Å². The predicted molar refractivity (Wildman–Crippen MR) is 76.6 cm³/mol. The van der Waals surface area contributed by atoms with Gasteiger partial charge in [0.05, 0.1) is 6.54 Å². The smallest absolute Gasteiger partial charge is 0.146 e. The fourth-order valence-corrected chi connectivity index (χ4v) is 1.99. The first-order chi connectivity index (χ1) is 9.19. The lowest BCUT2D eigenvalue weighted by Crippen LogP contribution is -2.10. The first kappa shape index (κ1) is 14.0. The van der Waals surface area contributed by atoms with E-state index in [0.29, 0.717) is 6.61 Å². The average molecular weight is 280 g/mol. The number of ether oxygens (including phenoxy) is 1. The molecular weight excluding hydrogens is 262 g/mol. The van der Waals surface area contributed by atoms with Gasteiger partial charge in [0.15, 0.2) is 0 Å². The molecule has 1 aromatic heterocycles. The highest BCUT2D eigenvalue weighted by atomic mass is 35.5. The van der Waals surface area contributed by atoms with Gasteiger partial charge in [-0.25, -0.2) is 0 Å². The van der Waals surface area contributed by atoms with Crippen LogP contribution < -0.4 is 10.1 Å². The second-order valence-corrected chi connectivity index (χ2v) is 4.78. The summed E-state index contributed by atoms with van der Waals surface area (Å²) < 4.78 is 11.4. The maximum atomic E-state index is 5.90. The Labute approximate surface area is 118 Å². The minimum atomic E-state index is 0.425. The van der Waals surface area contributed by atoms with Crippen LogP contribution in [0.25, 0.3) is 0 Å². The van der Waals surface area contributed by atoms with Crippen molar-refractivity contribution in [2.45, 2.75) is 27.0 Å². The monoisotopic (exact) mass is 279 g/mol. The summed E-state index contributed by atoms with van der Waals surface area (Å²) in [6.45, 7) is 6.14. The second kappa shape index (κ2) is 6.64. The highest BCUT2D eigenvalue weighted by Crippen LogP contribution is 2.23. The van der Waals surface area contributed by atoms with Crippen LogP contribution >= 0.6 is 11.6 Å². The zero-order valence-corrected chi connectivity index (χ0v) is 12.0. The van der Waals surface area contributed by atoms with Gasteiger partial charge in [0.25, 0.3) is 0 Å². The summed E-state index contributed by atoms with van der Waals surface area (Å²) >= 11 is 5.90. The summed E-state index contributed by atoms with van der Waals surface area (Å²) in [6.07, 6.45) is 0. The first-order valence-electron chi connectivity index (χ1n) is 6.36. The summed E-state index contributed by atoms with van der Waals surface area (Å²) in [6, 6.07) is 9.49. The molecular formula is C15H18ClNO2. The Balaban J connectivity index is 1.92. The number of hydrogen-bond acceptors (Lipinski definition) is 3. The molecule has 0 aliphatic rings. The third kappa shape index (κ3) is 4.01. The van der Waals surface area contributed by atoms with Gasteiger partial charge in [-0.1, -0.05) is 18.5 Å². The minimum absolute atomic E-state index is 0.425. The molecule has 0 bridgehead atoms. The molecule has 0 saturated heterocycles. The quantitative estimate of drug-likeness (QED) is 0.870. The number of furan rings is 1. The Bertz CT molecular complexity index is 537. The molecule has 0 fully saturated rings. The second-order valence-electron chi connectivity index (χ2n) is 4.35. The molecule has 4 heteroatoms. The van der Waals surface area contributed by atoms with Gasteiger partial charge in [0.2, 0.25) is 0 Å². The van der Waals surface area contributed by atoms with Crippen molar-refractivity contribution in [1.29, 1.82) is 0 Å². The molecule has 1 heterocycles. The molecule has 1 aromatic carbocycles. The van der Waals surface area contributed by atoms with Gasteiger partial charge in [0.1, 0.15) is 23.9 Å². The maximum Gasteiger partial charge on any atom is 0.146 e. The Kier molecular flexibility index (Phi) is 4.88. The highest BCUT2D eigenvalue weighted by molar-refractivity contribution is 6.30. The minimum Gasteiger partial charge on any atom is -0.485 e. The number of aryl methyl sites for hydroxylation is 1. The van der Waals surface area contributed by atoms with Crippen LogP contribution in [0.1, 0.15) is 24.0 Å². The van der Waals surface area contributed by atoms with Gasteiger partial charge < -0.3 is 14.5 Å². The molecule has 0 amide bonds. The van der Waals surface area contributed by atoms with E-state index < -0.39 is 0 Å². The zero-order chi connectivity index (χ0) is 13.7. The fraction of sp³-hybridized carbons (Fsp3) is 0.333. The Hall–Kier alpha value is -1.45. The van der Waals surface area contributed by atoms with Crippen molar-refractivity contribution in [3.63, 3.8) is 0 Å². The lowest BCUT2D eigenvalue weighted by Gasteiger charge is -2.07. The number of rotatable bonds is 6. The van der Waals surface area contributed by atoms with E-state index in [0.717, 1.165) is 40.9 Å². The van der Waals surface area contributed by atoms with Crippen LogP contribution in [0.15, 0.2) is 34.7 Å². The number of benzene rings is 1. The van der Waals surface area contributed by atoms with Crippen molar-refractivity contribution in [2.75, 3.05) is 6.54 Å². The summed E-state index contributed by atoms with van der Waals surface area (Å²) in [5, 5.41) is 3.94. The van der Waals surface area contributed by atoms with E-state index in [2.05, 4.69) is 12.2 Å². The summed E-state index contributed by atoms with van der Waals surface area (Å²) in [5.74, 6) is 2.57. The molecule has 0 unspecified atom stereocenters. The summed E-state index contributed by atoms with van der Waals surface area (Å²) in [4.78, 5) is 0. The van der Waals surface area contributed by atoms with Crippen LogP contribution in [0.3, 0.4) is 0 Å². The van der Waals surface area contributed by atoms with E-state index in [4.69, 9.17) is 20.8 Å². The van der Waals surface area contributed by atoms with Gasteiger partial charge in [-0.2, -0.15) is 0 Å². The number of halogens is 1. The molecule has 0 aliphatic heterocycles. The molecule has 3 nitrogen and oxygen atoms in total. The van der Waals surface area contributed by atoms with Crippen LogP contribution in [0.2, 0.25) is 5.02 Å². The van der Waals surface area contributed by atoms with Gasteiger partial charge in [-0.05, 0) is 49.4 Å². The van der Waals surface area contributed by atoms with E-state index in [1.54, 1.807) is 0 Å². The van der Waals surface area contributed by atoms with E-state index in [1.807, 2.05) is 37.3 Å².